The van der Waals surface area contributed by atoms with E-state index < -0.39 is 4.92 Å². The summed E-state index contributed by atoms with van der Waals surface area (Å²) in [6, 6.07) is 12.8. The predicted octanol–water partition coefficient (Wildman–Crippen LogP) is 3.92. The monoisotopic (exact) mass is 379 g/mol. The van der Waals surface area contributed by atoms with E-state index in [1.165, 1.54) is 28.8 Å². The molecule has 0 radical (unpaired) electrons. The van der Waals surface area contributed by atoms with Gasteiger partial charge in [-0.05, 0) is 55.4 Å². The van der Waals surface area contributed by atoms with Gasteiger partial charge in [0.15, 0.2) is 0 Å². The van der Waals surface area contributed by atoms with E-state index in [2.05, 4.69) is 42.3 Å². The number of nitrogens with zero attached hydrogens (tertiary/aromatic N) is 2. The van der Waals surface area contributed by atoms with Crippen LogP contribution in [-0.2, 0) is 11.2 Å². The summed E-state index contributed by atoms with van der Waals surface area (Å²) < 4.78 is 0. The molecule has 28 heavy (non-hydrogen) atoms. The average Bonchev–Trinajstić information content (AvgIpc) is 3.27. The summed E-state index contributed by atoms with van der Waals surface area (Å²) in [6.07, 6.45) is 2.72. The second-order valence-electron chi connectivity index (χ2n) is 7.99. The molecule has 1 aliphatic carbocycles. The lowest BCUT2D eigenvalue weighted by molar-refractivity contribution is -0.384. The van der Waals surface area contributed by atoms with E-state index >= 15 is 0 Å². The van der Waals surface area contributed by atoms with Gasteiger partial charge in [0.2, 0.25) is 5.91 Å². The van der Waals surface area contributed by atoms with Gasteiger partial charge in [0.05, 0.1) is 11.0 Å². The number of nitro groups is 1. The van der Waals surface area contributed by atoms with Gasteiger partial charge in [-0.25, -0.2) is 0 Å². The van der Waals surface area contributed by atoms with Crippen LogP contribution >= 0.6 is 0 Å². The molecule has 6 heteroatoms. The fraction of sp³-hybridized carbons (Fsp3) is 0.409. The fourth-order valence-corrected chi connectivity index (χ4v) is 4.54. The highest BCUT2D eigenvalue weighted by molar-refractivity contribution is 5.86. The molecule has 1 saturated heterocycles. The molecular weight excluding hydrogens is 354 g/mol. The Kier molecular flexibility index (Phi) is 4.79. The zero-order valence-corrected chi connectivity index (χ0v) is 16.2. The molecule has 1 aliphatic heterocycles. The van der Waals surface area contributed by atoms with E-state index in [0.717, 1.165) is 31.5 Å². The minimum atomic E-state index is -0.404. The van der Waals surface area contributed by atoms with E-state index in [0.29, 0.717) is 5.92 Å². The molecule has 3 unspecified atom stereocenters. The molecular formula is C22H25N3O3. The van der Waals surface area contributed by atoms with Crippen LogP contribution in [0, 0.1) is 23.0 Å². The van der Waals surface area contributed by atoms with Crippen molar-refractivity contribution in [3.05, 3.63) is 69.3 Å². The van der Waals surface area contributed by atoms with Crippen LogP contribution < -0.4 is 10.2 Å². The molecule has 1 N–H and O–H groups in total. The van der Waals surface area contributed by atoms with Crippen LogP contribution in [0.5, 0.6) is 0 Å². The summed E-state index contributed by atoms with van der Waals surface area (Å²) in [4.78, 5) is 25.7. The standard InChI is InChI=1S/C22H25N3O3/c1-14-5-6-16-13-15(2)21(19(16)12-14)23-22(26)20-4-3-11-24(20)17-7-9-18(10-8-17)25(27)28/h5-10,12,15,20-21H,3-4,11,13H2,1-2H3,(H,23,26). The van der Waals surface area contributed by atoms with Gasteiger partial charge in [0.25, 0.3) is 5.69 Å². The molecule has 146 valence electrons. The Balaban J connectivity index is 1.51. The summed E-state index contributed by atoms with van der Waals surface area (Å²) in [5, 5.41) is 14.2. The Morgan fingerprint density at radius 1 is 1.21 bits per heavy atom. The summed E-state index contributed by atoms with van der Waals surface area (Å²) in [6.45, 7) is 5.05. The van der Waals surface area contributed by atoms with Crippen LogP contribution in [0.1, 0.15) is 42.5 Å². The summed E-state index contributed by atoms with van der Waals surface area (Å²) in [7, 11) is 0. The lowest BCUT2D eigenvalue weighted by Crippen LogP contribution is -2.45. The molecule has 6 nitrogen and oxygen atoms in total. The van der Waals surface area contributed by atoms with Gasteiger partial charge < -0.3 is 10.2 Å². The van der Waals surface area contributed by atoms with E-state index in [4.69, 9.17) is 0 Å². The molecule has 2 aliphatic rings. The van der Waals surface area contributed by atoms with Crippen molar-refractivity contribution in [2.45, 2.75) is 45.2 Å². The second kappa shape index (κ2) is 7.26. The largest absolute Gasteiger partial charge is 0.360 e. The van der Waals surface area contributed by atoms with Crippen LogP contribution in [0.4, 0.5) is 11.4 Å². The van der Waals surface area contributed by atoms with Crippen molar-refractivity contribution in [1.29, 1.82) is 0 Å². The maximum atomic E-state index is 13.1. The molecule has 1 fully saturated rings. The Labute approximate surface area is 164 Å². The predicted molar refractivity (Wildman–Crippen MR) is 108 cm³/mol. The second-order valence-corrected chi connectivity index (χ2v) is 7.99. The van der Waals surface area contributed by atoms with Crippen LogP contribution in [0.2, 0.25) is 0 Å². The Bertz CT molecular complexity index is 910. The number of nitrogens with one attached hydrogen (secondary N) is 1. The number of aryl methyl sites for hydroxylation is 1. The van der Waals surface area contributed by atoms with Crippen molar-refractivity contribution in [3.8, 4) is 0 Å². The number of non-ortho nitro benzene ring substituents is 1. The highest BCUT2D eigenvalue weighted by Crippen LogP contribution is 2.37. The third-order valence-corrected chi connectivity index (χ3v) is 5.99. The van der Waals surface area contributed by atoms with Crippen LogP contribution in [-0.4, -0.2) is 23.4 Å². The highest BCUT2D eigenvalue weighted by atomic mass is 16.6. The van der Waals surface area contributed by atoms with E-state index in [-0.39, 0.29) is 23.7 Å². The summed E-state index contributed by atoms with van der Waals surface area (Å²) in [5.74, 6) is 0.414. The van der Waals surface area contributed by atoms with Crippen molar-refractivity contribution in [2.24, 2.45) is 5.92 Å². The van der Waals surface area contributed by atoms with E-state index in [9.17, 15) is 14.9 Å². The number of hydrogen-bond donors (Lipinski definition) is 1. The molecule has 0 bridgehead atoms. The number of rotatable bonds is 4. The number of carbonyl (C=O) groups excluding carboxylic acids is 1. The molecule has 0 spiro atoms. The minimum absolute atomic E-state index is 0.0433. The number of fused-ring (bicyclic) bond motifs is 1. The van der Waals surface area contributed by atoms with Crippen molar-refractivity contribution in [2.75, 3.05) is 11.4 Å². The van der Waals surface area contributed by atoms with Crippen molar-refractivity contribution < 1.29 is 9.72 Å². The van der Waals surface area contributed by atoms with Crippen LogP contribution in [0.25, 0.3) is 0 Å². The van der Waals surface area contributed by atoms with Gasteiger partial charge in [-0.2, -0.15) is 0 Å². The third kappa shape index (κ3) is 3.35. The zero-order valence-electron chi connectivity index (χ0n) is 16.2. The number of benzene rings is 2. The zero-order chi connectivity index (χ0) is 19.8. The maximum Gasteiger partial charge on any atom is 0.269 e. The average molecular weight is 379 g/mol. The first-order valence-electron chi connectivity index (χ1n) is 9.85. The van der Waals surface area contributed by atoms with Gasteiger partial charge in [-0.1, -0.05) is 30.7 Å². The SMILES string of the molecule is Cc1ccc2c(c1)C(NC(=O)C1CCCN1c1ccc([N+](=O)[O-])cc1)C(C)C2. The Morgan fingerprint density at radius 2 is 1.96 bits per heavy atom. The van der Waals surface area contributed by atoms with Gasteiger partial charge in [-0.15, -0.1) is 0 Å². The first kappa shape index (κ1) is 18.5. The number of hydrogen-bond acceptors (Lipinski definition) is 4. The molecule has 4 rings (SSSR count). The molecule has 3 atom stereocenters. The van der Waals surface area contributed by atoms with Gasteiger partial charge in [0.1, 0.15) is 6.04 Å². The number of amides is 1. The third-order valence-electron chi connectivity index (χ3n) is 5.99. The fourth-order valence-electron chi connectivity index (χ4n) is 4.54. The summed E-state index contributed by atoms with van der Waals surface area (Å²) in [5.41, 5.74) is 4.69. The maximum absolute atomic E-state index is 13.1. The Hall–Kier alpha value is -2.89. The van der Waals surface area contributed by atoms with Crippen LogP contribution in [0.15, 0.2) is 42.5 Å². The molecule has 1 heterocycles. The van der Waals surface area contributed by atoms with Crippen molar-refractivity contribution >= 4 is 17.3 Å². The van der Waals surface area contributed by atoms with Crippen LogP contribution in [0.3, 0.4) is 0 Å². The normalized spacial score (nSPS) is 23.5. The topological polar surface area (TPSA) is 75.5 Å². The highest BCUT2D eigenvalue weighted by Gasteiger charge is 2.36. The molecule has 2 aromatic rings. The van der Waals surface area contributed by atoms with Crippen molar-refractivity contribution in [3.63, 3.8) is 0 Å². The van der Waals surface area contributed by atoms with E-state index in [1.807, 2.05) is 0 Å². The number of nitro benzene ring substituents is 1. The summed E-state index contributed by atoms with van der Waals surface area (Å²) >= 11 is 0. The number of anilines is 1. The van der Waals surface area contributed by atoms with Gasteiger partial charge >= 0.3 is 0 Å². The lowest BCUT2D eigenvalue weighted by Gasteiger charge is -2.28. The molecule has 1 amide bonds. The quantitative estimate of drug-likeness (QED) is 0.645. The smallest absolute Gasteiger partial charge is 0.269 e. The number of carbonyl (C=O) groups is 1. The van der Waals surface area contributed by atoms with Gasteiger partial charge in [-0.3, -0.25) is 14.9 Å². The molecule has 0 saturated carbocycles. The first-order valence-corrected chi connectivity index (χ1v) is 9.85. The first-order chi connectivity index (χ1) is 13.4. The molecule has 0 aromatic heterocycles. The van der Waals surface area contributed by atoms with Gasteiger partial charge in [0, 0.05) is 24.4 Å². The minimum Gasteiger partial charge on any atom is -0.360 e. The van der Waals surface area contributed by atoms with Crippen molar-refractivity contribution in [1.82, 2.24) is 5.32 Å². The molecule has 2 aromatic carbocycles. The Morgan fingerprint density at radius 3 is 2.68 bits per heavy atom. The lowest BCUT2D eigenvalue weighted by atomic mass is 10.0. The van der Waals surface area contributed by atoms with E-state index in [1.54, 1.807) is 12.1 Å².